The van der Waals surface area contributed by atoms with Crippen molar-refractivity contribution < 1.29 is 9.90 Å². The standard InChI is InChI=1S/C17H26N4O3/c1-12-9-18-16(17(24)21(12)11-15(22)23)19-10-14-7-4-8-20(14)13-5-2-3-6-13/h9,13-14H,2-8,10-11H2,1H3,(H,18,19)(H,22,23). The maximum absolute atomic E-state index is 12.4. The SMILES string of the molecule is Cc1cnc(NCC2CCCN2C2CCCC2)c(=O)n1CC(=O)O. The number of hydrogen-bond donors (Lipinski definition) is 2. The fourth-order valence-corrected chi connectivity index (χ4v) is 4.03. The van der Waals surface area contributed by atoms with E-state index in [1.165, 1.54) is 36.7 Å². The Bertz CT molecular complexity index is 652. The van der Waals surface area contributed by atoms with Crippen LogP contribution in [-0.4, -0.2) is 50.7 Å². The van der Waals surface area contributed by atoms with Gasteiger partial charge in [0, 0.05) is 30.5 Å². The first-order valence-electron chi connectivity index (χ1n) is 8.84. The van der Waals surface area contributed by atoms with Crippen LogP contribution in [0.1, 0.15) is 44.2 Å². The van der Waals surface area contributed by atoms with E-state index in [1.807, 2.05) is 0 Å². The van der Waals surface area contributed by atoms with Crippen LogP contribution in [0.4, 0.5) is 5.82 Å². The van der Waals surface area contributed by atoms with Gasteiger partial charge >= 0.3 is 5.97 Å². The lowest BCUT2D eigenvalue weighted by Gasteiger charge is -2.30. The van der Waals surface area contributed by atoms with Gasteiger partial charge in [0.1, 0.15) is 6.54 Å². The molecule has 2 heterocycles. The Balaban J connectivity index is 1.68. The van der Waals surface area contributed by atoms with Gasteiger partial charge < -0.3 is 10.4 Å². The molecule has 132 valence electrons. The van der Waals surface area contributed by atoms with Crippen molar-refractivity contribution in [3.8, 4) is 0 Å². The molecule has 2 fully saturated rings. The van der Waals surface area contributed by atoms with Crippen LogP contribution >= 0.6 is 0 Å². The number of aryl methyl sites for hydroxylation is 1. The predicted molar refractivity (Wildman–Crippen MR) is 91.3 cm³/mol. The summed E-state index contributed by atoms with van der Waals surface area (Å²) >= 11 is 0. The normalized spacial score (nSPS) is 22.1. The minimum absolute atomic E-state index is 0.250. The average molecular weight is 334 g/mol. The second kappa shape index (κ2) is 7.34. The molecule has 1 aromatic heterocycles. The highest BCUT2D eigenvalue weighted by molar-refractivity contribution is 5.66. The summed E-state index contributed by atoms with van der Waals surface area (Å²) in [4.78, 5) is 30.1. The number of carbonyl (C=O) groups is 1. The zero-order valence-electron chi connectivity index (χ0n) is 14.2. The molecule has 2 N–H and O–H groups in total. The lowest BCUT2D eigenvalue weighted by molar-refractivity contribution is -0.137. The number of nitrogens with one attached hydrogen (secondary N) is 1. The Morgan fingerprint density at radius 2 is 2.08 bits per heavy atom. The van der Waals surface area contributed by atoms with Gasteiger partial charge in [0.15, 0.2) is 5.82 Å². The van der Waals surface area contributed by atoms with E-state index < -0.39 is 5.97 Å². The summed E-state index contributed by atoms with van der Waals surface area (Å²) in [6.45, 7) is 3.19. The molecule has 24 heavy (non-hydrogen) atoms. The lowest BCUT2D eigenvalue weighted by Crippen LogP contribution is -2.42. The Kier molecular flexibility index (Phi) is 5.18. The third kappa shape index (κ3) is 3.61. The third-order valence-corrected chi connectivity index (χ3v) is 5.27. The number of carboxylic acid groups (broad SMARTS) is 1. The molecule has 0 amide bonds. The number of hydrogen-bond acceptors (Lipinski definition) is 5. The molecule has 1 saturated carbocycles. The zero-order valence-corrected chi connectivity index (χ0v) is 14.2. The summed E-state index contributed by atoms with van der Waals surface area (Å²) in [5, 5.41) is 12.1. The number of rotatable bonds is 6. The first-order valence-corrected chi connectivity index (χ1v) is 8.84. The predicted octanol–water partition coefficient (Wildman–Crippen LogP) is 1.46. The molecule has 2 aliphatic rings. The van der Waals surface area contributed by atoms with Gasteiger partial charge in [-0.2, -0.15) is 0 Å². The van der Waals surface area contributed by atoms with Gasteiger partial charge in [-0.15, -0.1) is 0 Å². The molecule has 1 aromatic rings. The zero-order chi connectivity index (χ0) is 17.1. The van der Waals surface area contributed by atoms with Crippen LogP contribution in [-0.2, 0) is 11.3 Å². The lowest BCUT2D eigenvalue weighted by atomic mass is 10.1. The highest BCUT2D eigenvalue weighted by Gasteiger charge is 2.32. The van der Waals surface area contributed by atoms with E-state index in [1.54, 1.807) is 13.1 Å². The van der Waals surface area contributed by atoms with Crippen molar-refractivity contribution >= 4 is 11.8 Å². The summed E-state index contributed by atoms with van der Waals surface area (Å²) in [5.74, 6) is -0.777. The summed E-state index contributed by atoms with van der Waals surface area (Å²) in [5.41, 5.74) is 0.198. The number of aromatic nitrogens is 2. The van der Waals surface area contributed by atoms with Gasteiger partial charge in [-0.1, -0.05) is 12.8 Å². The van der Waals surface area contributed by atoms with Crippen molar-refractivity contribution in [3.63, 3.8) is 0 Å². The van der Waals surface area contributed by atoms with E-state index in [0.29, 0.717) is 24.3 Å². The molecule has 0 radical (unpaired) electrons. The number of likely N-dealkylation sites (tertiary alicyclic amines) is 1. The molecule has 1 saturated heterocycles. The summed E-state index contributed by atoms with van der Waals surface area (Å²) in [6, 6.07) is 1.12. The number of anilines is 1. The summed E-state index contributed by atoms with van der Waals surface area (Å²) in [6.07, 6.45) is 9.10. The van der Waals surface area contributed by atoms with Gasteiger partial charge in [-0.3, -0.25) is 19.1 Å². The van der Waals surface area contributed by atoms with E-state index in [2.05, 4.69) is 15.2 Å². The smallest absolute Gasteiger partial charge is 0.323 e. The number of carboxylic acids is 1. The van der Waals surface area contributed by atoms with E-state index in [4.69, 9.17) is 5.11 Å². The molecule has 1 aliphatic carbocycles. The largest absolute Gasteiger partial charge is 0.480 e. The highest BCUT2D eigenvalue weighted by atomic mass is 16.4. The Hall–Kier alpha value is -1.89. The van der Waals surface area contributed by atoms with Crippen molar-refractivity contribution in [1.29, 1.82) is 0 Å². The first kappa shape index (κ1) is 17.0. The van der Waals surface area contributed by atoms with Crippen LogP contribution in [0.15, 0.2) is 11.0 Å². The van der Waals surface area contributed by atoms with E-state index in [0.717, 1.165) is 13.0 Å². The molecule has 3 rings (SSSR count). The van der Waals surface area contributed by atoms with Crippen molar-refractivity contribution in [1.82, 2.24) is 14.5 Å². The first-order chi connectivity index (χ1) is 11.6. The molecule has 1 aliphatic heterocycles. The van der Waals surface area contributed by atoms with Crippen LogP contribution in [0.3, 0.4) is 0 Å². The third-order valence-electron chi connectivity index (χ3n) is 5.27. The minimum atomic E-state index is -1.03. The Morgan fingerprint density at radius 3 is 2.79 bits per heavy atom. The van der Waals surface area contributed by atoms with Crippen LogP contribution in [0.25, 0.3) is 0 Å². The maximum Gasteiger partial charge on any atom is 0.323 e. The van der Waals surface area contributed by atoms with Crippen LogP contribution in [0.5, 0.6) is 0 Å². The monoisotopic (exact) mass is 334 g/mol. The van der Waals surface area contributed by atoms with Crippen molar-refractivity contribution in [3.05, 3.63) is 22.2 Å². The molecule has 7 nitrogen and oxygen atoms in total. The number of nitrogens with zero attached hydrogens (tertiary/aromatic N) is 3. The topological polar surface area (TPSA) is 87.5 Å². The average Bonchev–Trinajstić information content (AvgIpc) is 3.21. The van der Waals surface area contributed by atoms with Gasteiger partial charge in [-0.25, -0.2) is 4.98 Å². The van der Waals surface area contributed by atoms with E-state index >= 15 is 0 Å². The van der Waals surface area contributed by atoms with Crippen molar-refractivity contribution in [2.75, 3.05) is 18.4 Å². The van der Waals surface area contributed by atoms with Gasteiger partial charge in [-0.05, 0) is 39.2 Å². The van der Waals surface area contributed by atoms with Crippen molar-refractivity contribution in [2.24, 2.45) is 0 Å². The van der Waals surface area contributed by atoms with E-state index in [-0.39, 0.29) is 17.9 Å². The second-order valence-electron chi connectivity index (χ2n) is 6.89. The number of aliphatic carboxylic acids is 1. The molecular formula is C17H26N4O3. The molecular weight excluding hydrogens is 308 g/mol. The molecule has 0 aromatic carbocycles. The fraction of sp³-hybridized carbons (Fsp3) is 0.706. The molecule has 0 bridgehead atoms. The Morgan fingerprint density at radius 1 is 1.33 bits per heavy atom. The highest BCUT2D eigenvalue weighted by Crippen LogP contribution is 2.29. The Labute approximate surface area is 141 Å². The van der Waals surface area contributed by atoms with Gasteiger partial charge in [0.2, 0.25) is 0 Å². The quantitative estimate of drug-likeness (QED) is 0.819. The van der Waals surface area contributed by atoms with Gasteiger partial charge in [0.05, 0.1) is 0 Å². The molecule has 1 unspecified atom stereocenters. The van der Waals surface area contributed by atoms with E-state index in [9.17, 15) is 9.59 Å². The van der Waals surface area contributed by atoms with Crippen molar-refractivity contribution in [2.45, 2.75) is 64.1 Å². The minimum Gasteiger partial charge on any atom is -0.480 e. The fourth-order valence-electron chi connectivity index (χ4n) is 4.03. The van der Waals surface area contributed by atoms with Crippen LogP contribution in [0.2, 0.25) is 0 Å². The second-order valence-corrected chi connectivity index (χ2v) is 6.89. The van der Waals surface area contributed by atoms with Gasteiger partial charge in [0.25, 0.3) is 5.56 Å². The summed E-state index contributed by atoms with van der Waals surface area (Å²) < 4.78 is 1.25. The molecule has 7 heteroatoms. The summed E-state index contributed by atoms with van der Waals surface area (Å²) in [7, 11) is 0. The molecule has 1 atom stereocenters. The van der Waals surface area contributed by atoms with Crippen LogP contribution < -0.4 is 10.9 Å². The molecule has 0 spiro atoms. The van der Waals surface area contributed by atoms with Crippen LogP contribution in [0, 0.1) is 6.92 Å². The maximum atomic E-state index is 12.4.